The van der Waals surface area contributed by atoms with Crippen LogP contribution in [0.3, 0.4) is 0 Å². The van der Waals surface area contributed by atoms with Crippen LogP contribution in [0.5, 0.6) is 0 Å². The number of amides is 1. The Morgan fingerprint density at radius 2 is 2.08 bits per heavy atom. The monoisotopic (exact) mass is 173 g/mol. The molecular weight excluding hydrogens is 153 g/mol. The molecule has 0 heterocycles. The zero-order valence-electron chi connectivity index (χ0n) is 8.26. The van der Waals surface area contributed by atoms with Gasteiger partial charge in [-0.1, -0.05) is 27.2 Å². The molecule has 0 aliphatic rings. The van der Waals surface area contributed by atoms with Gasteiger partial charge in [0, 0.05) is 6.54 Å². The van der Waals surface area contributed by atoms with E-state index >= 15 is 0 Å². The summed E-state index contributed by atoms with van der Waals surface area (Å²) in [4.78, 5) is 11.2. The van der Waals surface area contributed by atoms with Gasteiger partial charge in [-0.05, 0) is 12.3 Å². The third-order valence-corrected chi connectivity index (χ3v) is 1.85. The highest BCUT2D eigenvalue weighted by atomic mass is 16.2. The smallest absolute Gasteiger partial charge is 0.237 e. The lowest BCUT2D eigenvalue weighted by Gasteiger charge is -2.14. The molecule has 0 fully saturated rings. The topological polar surface area (TPSA) is 55.1 Å². The molecule has 0 aromatic carbocycles. The number of carbonyl (C=O) groups excluding carboxylic acids is 1. The SMILES string of the molecule is CCCCN[13C](=O)[C@@H](N)C(C)C. The van der Waals surface area contributed by atoms with E-state index in [0.717, 1.165) is 19.4 Å². The van der Waals surface area contributed by atoms with Gasteiger partial charge in [0.25, 0.3) is 0 Å². The Bertz CT molecular complexity index is 134. The van der Waals surface area contributed by atoms with Crippen LogP contribution in [0.4, 0.5) is 0 Å². The van der Waals surface area contributed by atoms with Crippen molar-refractivity contribution in [1.29, 1.82) is 0 Å². The maximum absolute atomic E-state index is 11.2. The van der Waals surface area contributed by atoms with Gasteiger partial charge in [-0.25, -0.2) is 0 Å². The molecule has 12 heavy (non-hydrogen) atoms. The summed E-state index contributed by atoms with van der Waals surface area (Å²) < 4.78 is 0. The Hall–Kier alpha value is -0.570. The minimum Gasteiger partial charge on any atom is -0.355 e. The van der Waals surface area contributed by atoms with Crippen molar-refractivity contribution in [3.63, 3.8) is 0 Å². The number of nitrogens with one attached hydrogen (secondary N) is 1. The number of rotatable bonds is 5. The number of nitrogens with two attached hydrogens (primary N) is 1. The van der Waals surface area contributed by atoms with Crippen molar-refractivity contribution in [3.8, 4) is 0 Å². The molecule has 0 saturated heterocycles. The van der Waals surface area contributed by atoms with Gasteiger partial charge in [0.1, 0.15) is 0 Å². The molecule has 0 rings (SSSR count). The third kappa shape index (κ3) is 4.34. The van der Waals surface area contributed by atoms with Gasteiger partial charge < -0.3 is 11.1 Å². The Labute approximate surface area is 74.7 Å². The number of hydrogen-bond donors (Lipinski definition) is 2. The number of unbranched alkanes of at least 4 members (excludes halogenated alkanes) is 1. The molecule has 3 N–H and O–H groups in total. The molecule has 0 aromatic heterocycles. The second-order valence-electron chi connectivity index (χ2n) is 3.41. The third-order valence-electron chi connectivity index (χ3n) is 1.85. The molecule has 0 radical (unpaired) electrons. The molecule has 0 unspecified atom stereocenters. The summed E-state index contributed by atoms with van der Waals surface area (Å²) in [6, 6.07) is -0.359. The van der Waals surface area contributed by atoms with E-state index in [1.165, 1.54) is 0 Å². The van der Waals surface area contributed by atoms with E-state index in [2.05, 4.69) is 12.2 Å². The van der Waals surface area contributed by atoms with E-state index in [1.807, 2.05) is 13.8 Å². The van der Waals surface area contributed by atoms with E-state index in [1.54, 1.807) is 0 Å². The van der Waals surface area contributed by atoms with Gasteiger partial charge >= 0.3 is 0 Å². The van der Waals surface area contributed by atoms with Crippen molar-refractivity contribution in [2.45, 2.75) is 39.7 Å². The van der Waals surface area contributed by atoms with Crippen LogP contribution >= 0.6 is 0 Å². The summed E-state index contributed by atoms with van der Waals surface area (Å²) in [6.45, 7) is 6.73. The van der Waals surface area contributed by atoms with Gasteiger partial charge in [0.05, 0.1) is 6.04 Å². The highest BCUT2D eigenvalue weighted by Crippen LogP contribution is 1.97. The molecule has 0 spiro atoms. The largest absolute Gasteiger partial charge is 0.355 e. The molecule has 0 aromatic rings. The minimum atomic E-state index is -0.359. The summed E-state index contributed by atoms with van der Waals surface area (Å²) in [5, 5.41) is 2.80. The standard InChI is InChI=1S/C9H20N2O/c1-4-5-6-11-9(12)8(10)7(2)3/h7-8H,4-6,10H2,1-3H3,(H,11,12)/t8-/m0/s1/i9+1. The molecule has 1 atom stereocenters. The van der Waals surface area contributed by atoms with Crippen LogP contribution in [0.1, 0.15) is 33.6 Å². The predicted octanol–water partition coefficient (Wildman–Crippen LogP) is 0.886. The van der Waals surface area contributed by atoms with Gasteiger partial charge in [0.2, 0.25) is 5.91 Å². The lowest BCUT2D eigenvalue weighted by atomic mass is 10.1. The predicted molar refractivity (Wildman–Crippen MR) is 50.7 cm³/mol. The van der Waals surface area contributed by atoms with Crippen LogP contribution in [0.2, 0.25) is 0 Å². The average Bonchev–Trinajstić information content (AvgIpc) is 2.03. The minimum absolute atomic E-state index is 0.0292. The number of carbonyl (C=O) groups is 1. The Morgan fingerprint density at radius 1 is 1.50 bits per heavy atom. The maximum Gasteiger partial charge on any atom is 0.237 e. The van der Waals surface area contributed by atoms with Crippen LogP contribution < -0.4 is 11.1 Å². The van der Waals surface area contributed by atoms with E-state index < -0.39 is 0 Å². The van der Waals surface area contributed by atoms with Crippen LogP contribution in [0.25, 0.3) is 0 Å². The fourth-order valence-corrected chi connectivity index (χ4v) is 0.809. The zero-order chi connectivity index (χ0) is 9.56. The van der Waals surface area contributed by atoms with E-state index in [9.17, 15) is 4.79 Å². The van der Waals surface area contributed by atoms with Crippen LogP contribution in [-0.2, 0) is 4.79 Å². The molecule has 0 aliphatic carbocycles. The average molecular weight is 173 g/mol. The van der Waals surface area contributed by atoms with Gasteiger partial charge in [-0.3, -0.25) is 4.79 Å². The molecular formula is C9H20N2O. The highest BCUT2D eigenvalue weighted by Gasteiger charge is 2.15. The molecule has 3 nitrogen and oxygen atoms in total. The summed E-state index contributed by atoms with van der Waals surface area (Å²) >= 11 is 0. The molecule has 1 amide bonds. The Kier molecular flexibility index (Phi) is 5.72. The summed E-state index contributed by atoms with van der Waals surface area (Å²) in [6.07, 6.45) is 2.12. The van der Waals surface area contributed by atoms with Gasteiger partial charge in [-0.15, -0.1) is 0 Å². The van der Waals surface area contributed by atoms with Crippen molar-refractivity contribution in [1.82, 2.24) is 5.32 Å². The fraction of sp³-hybridized carbons (Fsp3) is 0.889. The fourth-order valence-electron chi connectivity index (χ4n) is 0.809. The maximum atomic E-state index is 11.2. The van der Waals surface area contributed by atoms with Crippen molar-refractivity contribution in [2.75, 3.05) is 6.54 Å². The highest BCUT2D eigenvalue weighted by molar-refractivity contribution is 5.81. The molecule has 3 heteroatoms. The van der Waals surface area contributed by atoms with Crippen LogP contribution in [-0.4, -0.2) is 18.5 Å². The Balaban J connectivity index is 3.57. The normalized spacial score (nSPS) is 13.1. The van der Waals surface area contributed by atoms with E-state index in [4.69, 9.17) is 5.73 Å². The second-order valence-corrected chi connectivity index (χ2v) is 3.41. The van der Waals surface area contributed by atoms with Crippen molar-refractivity contribution >= 4 is 5.91 Å². The first kappa shape index (κ1) is 11.4. The summed E-state index contributed by atoms with van der Waals surface area (Å²) in [5.41, 5.74) is 5.63. The lowest BCUT2D eigenvalue weighted by molar-refractivity contribution is -0.123. The van der Waals surface area contributed by atoms with Gasteiger partial charge in [0.15, 0.2) is 0 Å². The quantitative estimate of drug-likeness (QED) is 0.479. The zero-order valence-corrected chi connectivity index (χ0v) is 8.26. The molecule has 0 saturated carbocycles. The molecule has 72 valence electrons. The molecule has 0 bridgehead atoms. The lowest BCUT2D eigenvalue weighted by Crippen LogP contribution is -2.44. The summed E-state index contributed by atoms with van der Waals surface area (Å²) in [5.74, 6) is 0.185. The van der Waals surface area contributed by atoms with Gasteiger partial charge in [-0.2, -0.15) is 0 Å². The van der Waals surface area contributed by atoms with Crippen molar-refractivity contribution in [3.05, 3.63) is 0 Å². The van der Waals surface area contributed by atoms with Crippen LogP contribution in [0.15, 0.2) is 0 Å². The second kappa shape index (κ2) is 6.00. The van der Waals surface area contributed by atoms with E-state index in [0.29, 0.717) is 0 Å². The van der Waals surface area contributed by atoms with Crippen LogP contribution in [0, 0.1) is 5.92 Å². The van der Waals surface area contributed by atoms with Crippen molar-refractivity contribution < 1.29 is 4.79 Å². The first-order valence-corrected chi connectivity index (χ1v) is 4.62. The summed E-state index contributed by atoms with van der Waals surface area (Å²) in [7, 11) is 0. The van der Waals surface area contributed by atoms with Crippen molar-refractivity contribution in [2.24, 2.45) is 11.7 Å². The molecule has 0 aliphatic heterocycles. The number of hydrogen-bond acceptors (Lipinski definition) is 2. The van der Waals surface area contributed by atoms with E-state index in [-0.39, 0.29) is 17.9 Å². The Morgan fingerprint density at radius 3 is 2.50 bits per heavy atom. The first-order valence-electron chi connectivity index (χ1n) is 4.62. The first-order chi connectivity index (χ1) is 5.59.